The lowest BCUT2D eigenvalue weighted by Crippen LogP contribution is -2.33. The first kappa shape index (κ1) is 13.3. The van der Waals surface area contributed by atoms with E-state index in [-0.39, 0.29) is 12.1 Å². The Hall–Kier alpha value is -2.11. The summed E-state index contributed by atoms with van der Waals surface area (Å²) in [6.07, 6.45) is 2.45. The molecule has 1 aliphatic heterocycles. The first-order valence-corrected chi connectivity index (χ1v) is 5.95. The normalized spacial score (nSPS) is 14.2. The molecule has 0 bridgehead atoms. The zero-order valence-corrected chi connectivity index (χ0v) is 11.1. The number of hydrogen-bond donors (Lipinski definition) is 1. The molecule has 1 N–H and O–H groups in total. The van der Waals surface area contributed by atoms with Crippen molar-refractivity contribution in [2.24, 2.45) is 0 Å². The van der Waals surface area contributed by atoms with Crippen LogP contribution in [-0.2, 0) is 17.8 Å². The Morgan fingerprint density at radius 2 is 2.00 bits per heavy atom. The molecule has 6 nitrogen and oxygen atoms in total. The lowest BCUT2D eigenvalue weighted by Gasteiger charge is -2.24. The summed E-state index contributed by atoms with van der Waals surface area (Å²) >= 11 is 0. The average Bonchev–Trinajstić information content (AvgIpc) is 2.69. The van der Waals surface area contributed by atoms with E-state index in [4.69, 9.17) is 9.84 Å². The molecule has 1 amide bonds. The summed E-state index contributed by atoms with van der Waals surface area (Å²) in [6.45, 7) is 5.95. The first-order chi connectivity index (χ1) is 8.78. The summed E-state index contributed by atoms with van der Waals surface area (Å²) in [6, 6.07) is 0. The minimum absolute atomic E-state index is 0.142. The predicted octanol–water partition coefficient (Wildman–Crippen LogP) is 2.03. The highest BCUT2D eigenvalue weighted by molar-refractivity contribution is 5.89. The Morgan fingerprint density at radius 1 is 1.32 bits per heavy atom. The number of pyridine rings is 1. The average molecular weight is 264 g/mol. The van der Waals surface area contributed by atoms with Crippen molar-refractivity contribution in [1.82, 2.24) is 9.88 Å². The molecule has 0 aliphatic carbocycles. The molecular weight excluding hydrogens is 248 g/mol. The third-order valence-electron chi connectivity index (χ3n) is 2.74. The molecule has 0 radical (unpaired) electrons. The SMILES string of the molecule is CC(C)(C)OC(=O)N1Cc2cncc(C(=O)O)c2C1. The van der Waals surface area contributed by atoms with E-state index in [1.165, 1.54) is 11.1 Å². The molecule has 0 atom stereocenters. The molecule has 2 rings (SSSR count). The molecule has 102 valence electrons. The molecule has 2 heterocycles. The van der Waals surface area contributed by atoms with Crippen LogP contribution in [0.3, 0.4) is 0 Å². The summed E-state index contributed by atoms with van der Waals surface area (Å²) in [5, 5.41) is 9.09. The van der Waals surface area contributed by atoms with Gasteiger partial charge in [-0.15, -0.1) is 0 Å². The third kappa shape index (κ3) is 2.83. The van der Waals surface area contributed by atoms with Crippen molar-refractivity contribution in [3.63, 3.8) is 0 Å². The van der Waals surface area contributed by atoms with Crippen LogP contribution in [0.5, 0.6) is 0 Å². The highest BCUT2D eigenvalue weighted by atomic mass is 16.6. The van der Waals surface area contributed by atoms with Gasteiger partial charge in [0.2, 0.25) is 0 Å². The molecule has 0 saturated heterocycles. The van der Waals surface area contributed by atoms with Crippen molar-refractivity contribution in [3.05, 3.63) is 29.1 Å². The second kappa shape index (κ2) is 4.53. The summed E-state index contributed by atoms with van der Waals surface area (Å²) in [4.78, 5) is 28.4. The Bertz CT molecular complexity index is 534. The van der Waals surface area contributed by atoms with Gasteiger partial charge in [-0.2, -0.15) is 0 Å². The topological polar surface area (TPSA) is 79.7 Å². The van der Waals surface area contributed by atoms with Gasteiger partial charge in [-0.25, -0.2) is 9.59 Å². The maximum atomic E-state index is 11.9. The van der Waals surface area contributed by atoms with E-state index in [0.717, 1.165) is 5.56 Å². The Kier molecular flexibility index (Phi) is 3.18. The number of carbonyl (C=O) groups is 2. The van der Waals surface area contributed by atoms with Gasteiger partial charge < -0.3 is 9.84 Å². The quantitative estimate of drug-likeness (QED) is 0.839. The zero-order chi connectivity index (χ0) is 14.2. The van der Waals surface area contributed by atoms with E-state index >= 15 is 0 Å². The lowest BCUT2D eigenvalue weighted by molar-refractivity contribution is 0.0240. The maximum absolute atomic E-state index is 11.9. The Balaban J connectivity index is 2.19. The number of hydrogen-bond acceptors (Lipinski definition) is 4. The van der Waals surface area contributed by atoms with Gasteiger partial charge in [0.15, 0.2) is 0 Å². The Labute approximate surface area is 111 Å². The number of nitrogens with zero attached hydrogens (tertiary/aromatic N) is 2. The third-order valence-corrected chi connectivity index (χ3v) is 2.74. The number of carboxylic acids is 1. The summed E-state index contributed by atoms with van der Waals surface area (Å²) in [5.41, 5.74) is 0.961. The number of amides is 1. The van der Waals surface area contributed by atoms with E-state index < -0.39 is 17.7 Å². The molecule has 19 heavy (non-hydrogen) atoms. The van der Waals surface area contributed by atoms with Crippen LogP contribution in [-0.4, -0.2) is 32.7 Å². The van der Waals surface area contributed by atoms with Crippen molar-refractivity contribution in [2.75, 3.05) is 0 Å². The van der Waals surface area contributed by atoms with Crippen LogP contribution in [0, 0.1) is 0 Å². The molecule has 1 aromatic rings. The van der Waals surface area contributed by atoms with Crippen LogP contribution in [0.4, 0.5) is 4.79 Å². The monoisotopic (exact) mass is 264 g/mol. The number of aromatic nitrogens is 1. The van der Waals surface area contributed by atoms with Gasteiger partial charge in [-0.3, -0.25) is 9.88 Å². The van der Waals surface area contributed by atoms with Crippen molar-refractivity contribution in [2.45, 2.75) is 39.5 Å². The summed E-state index contributed by atoms with van der Waals surface area (Å²) in [7, 11) is 0. The second-order valence-electron chi connectivity index (χ2n) is 5.47. The second-order valence-corrected chi connectivity index (χ2v) is 5.47. The van der Waals surface area contributed by atoms with Gasteiger partial charge in [0.05, 0.1) is 18.7 Å². The molecule has 0 saturated carbocycles. The van der Waals surface area contributed by atoms with E-state index in [0.29, 0.717) is 12.1 Å². The van der Waals surface area contributed by atoms with Gasteiger partial charge in [-0.05, 0) is 31.9 Å². The fraction of sp³-hybridized carbons (Fsp3) is 0.462. The van der Waals surface area contributed by atoms with Crippen molar-refractivity contribution in [1.29, 1.82) is 0 Å². The Morgan fingerprint density at radius 3 is 2.58 bits per heavy atom. The van der Waals surface area contributed by atoms with Crippen molar-refractivity contribution in [3.8, 4) is 0 Å². The zero-order valence-electron chi connectivity index (χ0n) is 11.1. The molecule has 1 aliphatic rings. The fourth-order valence-corrected chi connectivity index (χ4v) is 1.95. The number of carbonyl (C=O) groups excluding carboxylic acids is 1. The van der Waals surface area contributed by atoms with Crippen LogP contribution < -0.4 is 0 Å². The summed E-state index contributed by atoms with van der Waals surface area (Å²) < 4.78 is 5.27. The molecule has 6 heteroatoms. The maximum Gasteiger partial charge on any atom is 0.410 e. The molecular formula is C13H16N2O4. The fourth-order valence-electron chi connectivity index (χ4n) is 1.95. The lowest BCUT2D eigenvalue weighted by atomic mass is 10.1. The molecule has 0 unspecified atom stereocenters. The van der Waals surface area contributed by atoms with Gasteiger partial charge in [-0.1, -0.05) is 0 Å². The molecule has 1 aromatic heterocycles. The van der Waals surface area contributed by atoms with Crippen LogP contribution in [0.2, 0.25) is 0 Å². The highest BCUT2D eigenvalue weighted by Gasteiger charge is 2.30. The smallest absolute Gasteiger partial charge is 0.410 e. The largest absolute Gasteiger partial charge is 0.478 e. The number of aromatic carboxylic acids is 1. The van der Waals surface area contributed by atoms with Crippen LogP contribution >= 0.6 is 0 Å². The van der Waals surface area contributed by atoms with E-state index in [1.807, 2.05) is 0 Å². The van der Waals surface area contributed by atoms with Crippen molar-refractivity contribution >= 4 is 12.1 Å². The molecule has 0 aromatic carbocycles. The van der Waals surface area contributed by atoms with E-state index in [1.54, 1.807) is 27.0 Å². The first-order valence-electron chi connectivity index (χ1n) is 5.95. The van der Waals surface area contributed by atoms with Crippen LogP contribution in [0.15, 0.2) is 12.4 Å². The van der Waals surface area contributed by atoms with Crippen molar-refractivity contribution < 1.29 is 19.4 Å². The number of ether oxygens (including phenoxy) is 1. The molecule has 0 fully saturated rings. The van der Waals surface area contributed by atoms with Gasteiger partial charge in [0, 0.05) is 12.4 Å². The number of fused-ring (bicyclic) bond motifs is 1. The van der Waals surface area contributed by atoms with Gasteiger partial charge in [0.25, 0.3) is 0 Å². The number of carboxylic acid groups (broad SMARTS) is 1. The predicted molar refractivity (Wildman–Crippen MR) is 66.7 cm³/mol. The molecule has 0 spiro atoms. The van der Waals surface area contributed by atoms with Gasteiger partial charge in [0.1, 0.15) is 5.60 Å². The number of rotatable bonds is 1. The van der Waals surface area contributed by atoms with Gasteiger partial charge >= 0.3 is 12.1 Å². The van der Waals surface area contributed by atoms with Crippen LogP contribution in [0.1, 0.15) is 42.3 Å². The minimum Gasteiger partial charge on any atom is -0.478 e. The standard InChI is InChI=1S/C13H16N2O4/c1-13(2,3)19-12(18)15-6-8-4-14-5-9(11(16)17)10(8)7-15/h4-5H,6-7H2,1-3H3,(H,16,17). The summed E-state index contributed by atoms with van der Waals surface area (Å²) in [5.74, 6) is -1.03. The minimum atomic E-state index is -1.03. The highest BCUT2D eigenvalue weighted by Crippen LogP contribution is 2.26. The van der Waals surface area contributed by atoms with Crippen LogP contribution in [0.25, 0.3) is 0 Å². The van der Waals surface area contributed by atoms with E-state index in [2.05, 4.69) is 4.98 Å². The van der Waals surface area contributed by atoms with E-state index in [9.17, 15) is 9.59 Å².